The van der Waals surface area contributed by atoms with Crippen LogP contribution in [-0.2, 0) is 4.74 Å². The largest absolute Gasteiger partial charge is 0.382 e. The van der Waals surface area contributed by atoms with Gasteiger partial charge in [-0.05, 0) is 33.2 Å². The first-order valence-corrected chi connectivity index (χ1v) is 5.44. The Hall–Kier alpha value is -0.0800. The average molecular weight is 187 g/mol. The van der Waals surface area contributed by atoms with Crippen LogP contribution >= 0.6 is 0 Å². The molecule has 0 fully saturated rings. The maximum absolute atomic E-state index is 5.22. The van der Waals surface area contributed by atoms with Gasteiger partial charge in [0.2, 0.25) is 0 Å². The molecule has 0 aliphatic heterocycles. The molecular weight excluding hydrogens is 162 g/mol. The summed E-state index contributed by atoms with van der Waals surface area (Å²) in [5, 5.41) is 3.36. The lowest BCUT2D eigenvalue weighted by Gasteiger charge is -2.17. The Bertz CT molecular complexity index is 106. The third-order valence-corrected chi connectivity index (χ3v) is 2.64. The van der Waals surface area contributed by atoms with E-state index in [4.69, 9.17) is 4.74 Å². The first kappa shape index (κ1) is 12.9. The van der Waals surface area contributed by atoms with Crippen LogP contribution in [0, 0.1) is 0 Å². The highest BCUT2D eigenvalue weighted by molar-refractivity contribution is 4.66. The van der Waals surface area contributed by atoms with Crippen LogP contribution in [-0.4, -0.2) is 26.3 Å². The number of hydrogen-bond acceptors (Lipinski definition) is 2. The molecule has 0 saturated carbocycles. The van der Waals surface area contributed by atoms with E-state index in [0.29, 0.717) is 12.1 Å². The summed E-state index contributed by atoms with van der Waals surface area (Å²) >= 11 is 0. The van der Waals surface area contributed by atoms with Gasteiger partial charge in [-0.3, -0.25) is 0 Å². The summed E-state index contributed by atoms with van der Waals surface area (Å²) in [6.45, 7) is 4.37. The molecule has 2 atom stereocenters. The van der Waals surface area contributed by atoms with Gasteiger partial charge < -0.3 is 10.1 Å². The molecule has 0 aromatic rings. The van der Waals surface area contributed by atoms with Crippen LogP contribution in [0.15, 0.2) is 0 Å². The first-order valence-electron chi connectivity index (χ1n) is 5.44. The third-order valence-electron chi connectivity index (χ3n) is 2.64. The molecule has 80 valence electrons. The normalized spacial score (nSPS) is 15.7. The van der Waals surface area contributed by atoms with Crippen LogP contribution in [0.1, 0.15) is 46.0 Å². The number of methoxy groups -OCH3 is 1. The lowest BCUT2D eigenvalue weighted by atomic mass is 10.0. The van der Waals surface area contributed by atoms with Crippen molar-refractivity contribution in [2.75, 3.05) is 14.2 Å². The molecule has 2 heteroatoms. The number of nitrogens with one attached hydrogen (secondary N) is 1. The predicted molar refractivity (Wildman–Crippen MR) is 58.1 cm³/mol. The second-order valence-electron chi connectivity index (χ2n) is 3.75. The minimum atomic E-state index is 0.400. The van der Waals surface area contributed by atoms with E-state index in [1.807, 2.05) is 0 Å². The molecule has 0 rings (SSSR count). The van der Waals surface area contributed by atoms with Crippen molar-refractivity contribution in [2.45, 2.75) is 58.1 Å². The first-order chi connectivity index (χ1) is 6.24. The van der Waals surface area contributed by atoms with Gasteiger partial charge in [0.15, 0.2) is 0 Å². The molecule has 13 heavy (non-hydrogen) atoms. The molecule has 0 heterocycles. The zero-order valence-electron chi connectivity index (χ0n) is 9.60. The fourth-order valence-electron chi connectivity index (χ4n) is 1.44. The molecule has 0 amide bonds. The topological polar surface area (TPSA) is 21.3 Å². The number of unbranched alkanes of at least 4 members (excludes halogenated alkanes) is 1. The smallest absolute Gasteiger partial charge is 0.0543 e. The van der Waals surface area contributed by atoms with Crippen molar-refractivity contribution in [1.82, 2.24) is 5.32 Å². The second kappa shape index (κ2) is 8.52. The second-order valence-corrected chi connectivity index (χ2v) is 3.75. The molecule has 2 unspecified atom stereocenters. The zero-order chi connectivity index (χ0) is 10.1. The lowest BCUT2D eigenvalue weighted by molar-refractivity contribution is 0.106. The number of rotatable bonds is 8. The van der Waals surface area contributed by atoms with Gasteiger partial charge >= 0.3 is 0 Å². The molecule has 0 bridgehead atoms. The maximum Gasteiger partial charge on any atom is 0.0543 e. The van der Waals surface area contributed by atoms with Crippen molar-refractivity contribution in [3.05, 3.63) is 0 Å². The van der Waals surface area contributed by atoms with Gasteiger partial charge in [-0.15, -0.1) is 0 Å². The summed E-state index contributed by atoms with van der Waals surface area (Å²) in [5.74, 6) is 0. The molecule has 0 spiro atoms. The SMILES string of the molecule is CCCCC(CCC(C)OC)NC. The standard InChI is InChI=1S/C11H25NO/c1-5-6-7-11(12-3)9-8-10(2)13-4/h10-12H,5-9H2,1-4H3. The van der Waals surface area contributed by atoms with Gasteiger partial charge in [0, 0.05) is 13.2 Å². The molecule has 1 N–H and O–H groups in total. The van der Waals surface area contributed by atoms with E-state index in [1.165, 1.54) is 25.7 Å². The summed E-state index contributed by atoms with van der Waals surface area (Å²) in [5.41, 5.74) is 0. The number of ether oxygens (including phenoxy) is 1. The van der Waals surface area contributed by atoms with Crippen molar-refractivity contribution >= 4 is 0 Å². The van der Waals surface area contributed by atoms with E-state index in [9.17, 15) is 0 Å². The van der Waals surface area contributed by atoms with E-state index in [1.54, 1.807) is 7.11 Å². The monoisotopic (exact) mass is 187 g/mol. The Morgan fingerprint density at radius 3 is 2.38 bits per heavy atom. The Balaban J connectivity index is 3.46. The zero-order valence-corrected chi connectivity index (χ0v) is 9.60. The third kappa shape index (κ3) is 7.03. The summed E-state index contributed by atoms with van der Waals surface area (Å²) in [4.78, 5) is 0. The van der Waals surface area contributed by atoms with Crippen LogP contribution in [0.4, 0.5) is 0 Å². The van der Waals surface area contributed by atoms with Crippen molar-refractivity contribution in [1.29, 1.82) is 0 Å². The quantitative estimate of drug-likeness (QED) is 0.630. The molecular formula is C11H25NO. The molecule has 0 aliphatic carbocycles. The van der Waals surface area contributed by atoms with Gasteiger partial charge in [0.1, 0.15) is 0 Å². The van der Waals surface area contributed by atoms with E-state index < -0.39 is 0 Å². The summed E-state index contributed by atoms with van der Waals surface area (Å²) < 4.78 is 5.22. The van der Waals surface area contributed by atoms with Gasteiger partial charge in [0.05, 0.1) is 6.10 Å². The molecule has 0 aromatic heterocycles. The van der Waals surface area contributed by atoms with Crippen molar-refractivity contribution in [2.24, 2.45) is 0 Å². The number of hydrogen-bond donors (Lipinski definition) is 1. The fraction of sp³-hybridized carbons (Fsp3) is 1.00. The molecule has 0 saturated heterocycles. The molecule has 0 aliphatic rings. The maximum atomic E-state index is 5.22. The highest BCUT2D eigenvalue weighted by Crippen LogP contribution is 2.09. The molecule has 0 aromatic carbocycles. The Morgan fingerprint density at radius 2 is 1.92 bits per heavy atom. The van der Waals surface area contributed by atoms with Crippen LogP contribution < -0.4 is 5.32 Å². The van der Waals surface area contributed by atoms with Crippen LogP contribution in [0.25, 0.3) is 0 Å². The molecule has 2 nitrogen and oxygen atoms in total. The van der Waals surface area contributed by atoms with Crippen molar-refractivity contribution < 1.29 is 4.74 Å². The Morgan fingerprint density at radius 1 is 1.23 bits per heavy atom. The van der Waals surface area contributed by atoms with E-state index in [0.717, 1.165) is 6.42 Å². The summed E-state index contributed by atoms with van der Waals surface area (Å²) in [7, 11) is 3.84. The van der Waals surface area contributed by atoms with Crippen LogP contribution in [0.5, 0.6) is 0 Å². The van der Waals surface area contributed by atoms with E-state index >= 15 is 0 Å². The highest BCUT2D eigenvalue weighted by Gasteiger charge is 2.07. The Kier molecular flexibility index (Phi) is 8.46. The van der Waals surface area contributed by atoms with Crippen LogP contribution in [0.2, 0.25) is 0 Å². The van der Waals surface area contributed by atoms with E-state index in [2.05, 4.69) is 26.2 Å². The van der Waals surface area contributed by atoms with Gasteiger partial charge in [-0.1, -0.05) is 19.8 Å². The fourth-order valence-corrected chi connectivity index (χ4v) is 1.44. The van der Waals surface area contributed by atoms with Gasteiger partial charge in [-0.2, -0.15) is 0 Å². The van der Waals surface area contributed by atoms with Crippen LogP contribution in [0.3, 0.4) is 0 Å². The average Bonchev–Trinajstić information content (AvgIpc) is 2.17. The van der Waals surface area contributed by atoms with Crippen molar-refractivity contribution in [3.63, 3.8) is 0 Å². The highest BCUT2D eigenvalue weighted by atomic mass is 16.5. The summed E-state index contributed by atoms with van der Waals surface area (Å²) in [6.07, 6.45) is 6.70. The van der Waals surface area contributed by atoms with Crippen molar-refractivity contribution in [3.8, 4) is 0 Å². The molecule has 0 radical (unpaired) electrons. The minimum Gasteiger partial charge on any atom is -0.382 e. The van der Waals surface area contributed by atoms with Gasteiger partial charge in [0.25, 0.3) is 0 Å². The van der Waals surface area contributed by atoms with Gasteiger partial charge in [-0.25, -0.2) is 0 Å². The van der Waals surface area contributed by atoms with E-state index in [-0.39, 0.29) is 0 Å². The lowest BCUT2D eigenvalue weighted by Crippen LogP contribution is -2.26. The minimum absolute atomic E-state index is 0.400. The summed E-state index contributed by atoms with van der Waals surface area (Å²) in [6, 6.07) is 0.678. The Labute approximate surface area is 83.1 Å². The predicted octanol–water partition coefficient (Wildman–Crippen LogP) is 2.58.